The summed E-state index contributed by atoms with van der Waals surface area (Å²) in [6, 6.07) is 0. The molecule has 1 atom stereocenters. The van der Waals surface area contributed by atoms with Crippen LogP contribution in [0.4, 0.5) is 0 Å². The van der Waals surface area contributed by atoms with Crippen molar-refractivity contribution in [2.24, 2.45) is 7.05 Å². The molecule has 0 unspecified atom stereocenters. The summed E-state index contributed by atoms with van der Waals surface area (Å²) in [7, 11) is 1.95. The Morgan fingerprint density at radius 1 is 1.71 bits per heavy atom. The smallest absolute Gasteiger partial charge is 0.251 e. The first-order valence-corrected chi connectivity index (χ1v) is 6.00. The fourth-order valence-electron chi connectivity index (χ4n) is 2.07. The van der Waals surface area contributed by atoms with Crippen LogP contribution in [-0.4, -0.2) is 34.2 Å². The summed E-state index contributed by atoms with van der Waals surface area (Å²) in [5.41, 5.74) is -0.623. The predicted octanol–water partition coefficient (Wildman–Crippen LogP) is 0.648. The monoisotopic (exact) mass is 237 g/mol. The second-order valence-electron chi connectivity index (χ2n) is 4.64. The Balaban J connectivity index is 1.79. The molecule has 1 amide bonds. The van der Waals surface area contributed by atoms with Crippen molar-refractivity contribution in [3.05, 3.63) is 18.2 Å². The van der Waals surface area contributed by atoms with E-state index in [9.17, 15) is 4.79 Å². The highest BCUT2D eigenvalue weighted by Gasteiger charge is 2.37. The normalized spacial score (nSPS) is 23.9. The lowest BCUT2D eigenvalue weighted by Gasteiger charge is -2.21. The van der Waals surface area contributed by atoms with Crippen LogP contribution in [0.2, 0.25) is 0 Å². The molecule has 1 aromatic heterocycles. The number of ether oxygens (including phenoxy) is 1. The van der Waals surface area contributed by atoms with Crippen LogP contribution < -0.4 is 5.32 Å². The zero-order chi connectivity index (χ0) is 12.3. The number of carbonyl (C=O) groups excluding carboxylic acids is 1. The molecular weight excluding hydrogens is 218 g/mol. The van der Waals surface area contributed by atoms with E-state index in [-0.39, 0.29) is 5.91 Å². The van der Waals surface area contributed by atoms with Gasteiger partial charge in [0.1, 0.15) is 11.4 Å². The molecule has 0 saturated carbocycles. The van der Waals surface area contributed by atoms with Crippen molar-refractivity contribution in [1.29, 1.82) is 0 Å². The highest BCUT2D eigenvalue weighted by Crippen LogP contribution is 2.24. The Hall–Kier alpha value is -1.36. The molecule has 94 valence electrons. The molecule has 17 heavy (non-hydrogen) atoms. The first kappa shape index (κ1) is 12.1. The molecule has 1 aromatic rings. The summed E-state index contributed by atoms with van der Waals surface area (Å²) in [6.45, 7) is 3.14. The van der Waals surface area contributed by atoms with E-state index >= 15 is 0 Å². The lowest BCUT2D eigenvalue weighted by atomic mass is 10.0. The summed E-state index contributed by atoms with van der Waals surface area (Å²) in [5, 5.41) is 2.91. The van der Waals surface area contributed by atoms with E-state index < -0.39 is 5.60 Å². The highest BCUT2D eigenvalue weighted by molar-refractivity contribution is 5.84. The fraction of sp³-hybridized carbons (Fsp3) is 0.667. The maximum absolute atomic E-state index is 11.9. The van der Waals surface area contributed by atoms with E-state index in [2.05, 4.69) is 10.3 Å². The molecule has 1 aliphatic heterocycles. The van der Waals surface area contributed by atoms with Gasteiger partial charge in [-0.05, 0) is 19.8 Å². The minimum absolute atomic E-state index is 0.00999. The van der Waals surface area contributed by atoms with Crippen LogP contribution in [0.5, 0.6) is 0 Å². The van der Waals surface area contributed by atoms with Crippen molar-refractivity contribution in [2.45, 2.75) is 31.8 Å². The van der Waals surface area contributed by atoms with Gasteiger partial charge in [0.15, 0.2) is 0 Å². The lowest BCUT2D eigenvalue weighted by Crippen LogP contribution is -2.44. The summed E-state index contributed by atoms with van der Waals surface area (Å²) >= 11 is 0. The number of hydrogen-bond donors (Lipinski definition) is 1. The minimum Gasteiger partial charge on any atom is -0.365 e. The maximum atomic E-state index is 11.9. The van der Waals surface area contributed by atoms with Crippen LogP contribution in [0.25, 0.3) is 0 Å². The third-order valence-corrected chi connectivity index (χ3v) is 3.25. The third-order valence-electron chi connectivity index (χ3n) is 3.25. The number of hydrogen-bond acceptors (Lipinski definition) is 3. The Bertz CT molecular complexity index is 394. The number of aromatic nitrogens is 2. The minimum atomic E-state index is -0.623. The van der Waals surface area contributed by atoms with Crippen molar-refractivity contribution in [3.8, 4) is 0 Å². The molecule has 0 spiro atoms. The number of nitrogens with zero attached hydrogens (tertiary/aromatic N) is 2. The molecule has 1 aliphatic rings. The van der Waals surface area contributed by atoms with Crippen LogP contribution in [0, 0.1) is 0 Å². The maximum Gasteiger partial charge on any atom is 0.251 e. The van der Waals surface area contributed by atoms with Crippen molar-refractivity contribution in [2.75, 3.05) is 13.2 Å². The van der Waals surface area contributed by atoms with Gasteiger partial charge >= 0.3 is 0 Å². The molecule has 1 N–H and O–H groups in total. The van der Waals surface area contributed by atoms with Gasteiger partial charge in [0, 0.05) is 39.0 Å². The molecule has 5 nitrogen and oxygen atoms in total. The van der Waals surface area contributed by atoms with Gasteiger partial charge in [-0.15, -0.1) is 0 Å². The van der Waals surface area contributed by atoms with Crippen LogP contribution in [-0.2, 0) is 23.0 Å². The van der Waals surface area contributed by atoms with E-state index in [1.165, 1.54) is 0 Å². The number of amides is 1. The Kier molecular flexibility index (Phi) is 3.47. The van der Waals surface area contributed by atoms with E-state index in [0.717, 1.165) is 25.1 Å². The van der Waals surface area contributed by atoms with Crippen LogP contribution in [0.3, 0.4) is 0 Å². The number of carbonyl (C=O) groups is 1. The van der Waals surface area contributed by atoms with Crippen LogP contribution in [0.1, 0.15) is 25.6 Å². The van der Waals surface area contributed by atoms with Crippen molar-refractivity contribution >= 4 is 5.91 Å². The second kappa shape index (κ2) is 4.87. The van der Waals surface area contributed by atoms with Gasteiger partial charge in [-0.2, -0.15) is 0 Å². The van der Waals surface area contributed by atoms with E-state index in [1.54, 1.807) is 6.20 Å². The Morgan fingerprint density at radius 2 is 2.53 bits per heavy atom. The molecule has 5 heteroatoms. The second-order valence-corrected chi connectivity index (χ2v) is 4.64. The first-order valence-electron chi connectivity index (χ1n) is 6.00. The number of rotatable bonds is 4. The van der Waals surface area contributed by atoms with Crippen LogP contribution in [0.15, 0.2) is 12.4 Å². The molecule has 0 aliphatic carbocycles. The number of imidazole rings is 1. The summed E-state index contributed by atoms with van der Waals surface area (Å²) in [4.78, 5) is 16.1. The molecule has 1 saturated heterocycles. The van der Waals surface area contributed by atoms with Gasteiger partial charge in [-0.25, -0.2) is 4.98 Å². The molecule has 2 rings (SSSR count). The molecule has 2 heterocycles. The summed E-state index contributed by atoms with van der Waals surface area (Å²) in [6.07, 6.45) is 6.17. The molecule has 0 aromatic carbocycles. The topological polar surface area (TPSA) is 56.2 Å². The zero-order valence-electron chi connectivity index (χ0n) is 10.4. The largest absolute Gasteiger partial charge is 0.365 e. The van der Waals surface area contributed by atoms with E-state index in [4.69, 9.17) is 4.74 Å². The van der Waals surface area contributed by atoms with Gasteiger partial charge in [-0.3, -0.25) is 4.79 Å². The molecule has 0 radical (unpaired) electrons. The fourth-order valence-corrected chi connectivity index (χ4v) is 2.07. The lowest BCUT2D eigenvalue weighted by molar-refractivity contribution is -0.139. The van der Waals surface area contributed by atoms with Crippen LogP contribution >= 0.6 is 0 Å². The summed E-state index contributed by atoms with van der Waals surface area (Å²) in [5.74, 6) is 0.965. The predicted molar refractivity (Wildman–Crippen MR) is 63.5 cm³/mol. The molecule has 1 fully saturated rings. The molecule has 0 bridgehead atoms. The number of nitrogens with one attached hydrogen (secondary N) is 1. The van der Waals surface area contributed by atoms with Gasteiger partial charge in [0.25, 0.3) is 5.91 Å². The van der Waals surface area contributed by atoms with Crippen molar-refractivity contribution < 1.29 is 9.53 Å². The van der Waals surface area contributed by atoms with E-state index in [1.807, 2.05) is 24.7 Å². The SMILES string of the molecule is Cn1ccnc1CCNC(=O)[C@]1(C)CCCO1. The van der Waals surface area contributed by atoms with Gasteiger partial charge in [-0.1, -0.05) is 0 Å². The number of aryl methyl sites for hydroxylation is 1. The molecular formula is C12H19N3O2. The van der Waals surface area contributed by atoms with Crippen molar-refractivity contribution in [3.63, 3.8) is 0 Å². The van der Waals surface area contributed by atoms with Gasteiger partial charge in [0.05, 0.1) is 0 Å². The van der Waals surface area contributed by atoms with Gasteiger partial charge in [0.2, 0.25) is 0 Å². The highest BCUT2D eigenvalue weighted by atomic mass is 16.5. The first-order chi connectivity index (χ1) is 8.12. The quantitative estimate of drug-likeness (QED) is 0.836. The average molecular weight is 237 g/mol. The summed E-state index contributed by atoms with van der Waals surface area (Å²) < 4.78 is 7.44. The van der Waals surface area contributed by atoms with E-state index in [0.29, 0.717) is 13.2 Å². The zero-order valence-corrected chi connectivity index (χ0v) is 10.4. The third kappa shape index (κ3) is 2.66. The Morgan fingerprint density at radius 3 is 3.12 bits per heavy atom. The standard InChI is InChI=1S/C12H19N3O2/c1-12(5-3-9-17-12)11(16)14-6-4-10-13-7-8-15(10)2/h7-8H,3-6,9H2,1-2H3,(H,14,16)/t12-/m0/s1. The average Bonchev–Trinajstić information content (AvgIpc) is 2.89. The Labute approximate surface area is 101 Å². The van der Waals surface area contributed by atoms with Crippen molar-refractivity contribution in [1.82, 2.24) is 14.9 Å². The van der Waals surface area contributed by atoms with Gasteiger partial charge < -0.3 is 14.6 Å².